The maximum Gasteiger partial charge on any atom is 0.326 e. The monoisotopic (exact) mass is 283 g/mol. The molecule has 20 heavy (non-hydrogen) atoms. The van der Waals surface area contributed by atoms with Gasteiger partial charge in [0.15, 0.2) is 0 Å². The van der Waals surface area contributed by atoms with Gasteiger partial charge in [-0.1, -0.05) is 12.1 Å². The number of aryl methyl sites for hydroxylation is 1. The molecule has 3 N–H and O–H groups in total. The van der Waals surface area contributed by atoms with Gasteiger partial charge >= 0.3 is 11.9 Å². The number of nitrogens with one attached hydrogen (secondary N) is 1. The van der Waals surface area contributed by atoms with Crippen LogP contribution < -0.4 is 5.32 Å². The SMILES string of the molecule is O=C(O)C[C@@H](NC(=O)CCc1ccc(F)cc1)C(=O)O. The Bertz CT molecular complexity index is 500. The van der Waals surface area contributed by atoms with Gasteiger partial charge in [-0.05, 0) is 24.1 Å². The maximum atomic E-state index is 12.7. The number of amides is 1. The lowest BCUT2D eigenvalue weighted by Gasteiger charge is -2.12. The Labute approximate surface area is 114 Å². The standard InChI is InChI=1S/C13H14FNO5/c14-9-4-1-8(2-5-9)3-6-11(16)15-10(13(19)20)7-12(17)18/h1-2,4-5,10H,3,6-7H2,(H,15,16)(H,17,18)(H,19,20)/t10-/m1/s1. The second kappa shape index (κ2) is 7.22. The van der Waals surface area contributed by atoms with E-state index in [1.807, 2.05) is 0 Å². The van der Waals surface area contributed by atoms with Crippen molar-refractivity contribution in [1.29, 1.82) is 0 Å². The average Bonchev–Trinajstić information content (AvgIpc) is 2.36. The molecule has 0 aliphatic heterocycles. The molecule has 0 bridgehead atoms. The molecule has 6 nitrogen and oxygen atoms in total. The number of carbonyl (C=O) groups excluding carboxylic acids is 1. The van der Waals surface area contributed by atoms with E-state index in [2.05, 4.69) is 5.32 Å². The van der Waals surface area contributed by atoms with Gasteiger partial charge < -0.3 is 15.5 Å². The molecular weight excluding hydrogens is 269 g/mol. The van der Waals surface area contributed by atoms with Crippen LogP contribution in [0.15, 0.2) is 24.3 Å². The summed E-state index contributed by atoms with van der Waals surface area (Å²) in [5, 5.41) is 19.4. The molecule has 1 aromatic carbocycles. The third kappa shape index (κ3) is 5.47. The van der Waals surface area contributed by atoms with Gasteiger partial charge in [0.2, 0.25) is 5.91 Å². The fourth-order valence-corrected chi connectivity index (χ4v) is 1.55. The quantitative estimate of drug-likeness (QED) is 0.686. The Morgan fingerprint density at radius 1 is 1.15 bits per heavy atom. The lowest BCUT2D eigenvalue weighted by atomic mass is 10.1. The molecule has 0 fully saturated rings. The van der Waals surface area contributed by atoms with E-state index in [-0.39, 0.29) is 12.2 Å². The van der Waals surface area contributed by atoms with Crippen molar-refractivity contribution >= 4 is 17.8 Å². The van der Waals surface area contributed by atoms with Gasteiger partial charge in [-0.3, -0.25) is 9.59 Å². The number of hydrogen-bond donors (Lipinski definition) is 3. The van der Waals surface area contributed by atoms with Crippen LogP contribution in [0, 0.1) is 5.82 Å². The molecule has 1 aromatic rings. The molecule has 1 atom stereocenters. The Hall–Kier alpha value is -2.44. The first kappa shape index (κ1) is 15.6. The Morgan fingerprint density at radius 3 is 2.25 bits per heavy atom. The zero-order chi connectivity index (χ0) is 15.1. The van der Waals surface area contributed by atoms with Crippen LogP contribution in [0.5, 0.6) is 0 Å². The summed E-state index contributed by atoms with van der Waals surface area (Å²) in [6.07, 6.45) is -0.377. The summed E-state index contributed by atoms with van der Waals surface area (Å²) in [7, 11) is 0. The van der Waals surface area contributed by atoms with Gasteiger partial charge in [-0.15, -0.1) is 0 Å². The van der Waals surface area contributed by atoms with Crippen molar-refractivity contribution in [1.82, 2.24) is 5.32 Å². The molecule has 0 aliphatic rings. The van der Waals surface area contributed by atoms with Crippen molar-refractivity contribution in [2.75, 3.05) is 0 Å². The zero-order valence-corrected chi connectivity index (χ0v) is 10.5. The summed E-state index contributed by atoms with van der Waals surface area (Å²) in [6.45, 7) is 0. The van der Waals surface area contributed by atoms with E-state index in [1.54, 1.807) is 0 Å². The van der Waals surface area contributed by atoms with Crippen LogP contribution in [-0.2, 0) is 20.8 Å². The highest BCUT2D eigenvalue weighted by atomic mass is 19.1. The van der Waals surface area contributed by atoms with Crippen LogP contribution in [0.2, 0.25) is 0 Å². The number of carboxylic acid groups (broad SMARTS) is 2. The molecule has 0 saturated carbocycles. The van der Waals surface area contributed by atoms with E-state index in [4.69, 9.17) is 10.2 Å². The lowest BCUT2D eigenvalue weighted by molar-refractivity contribution is -0.147. The van der Waals surface area contributed by atoms with E-state index >= 15 is 0 Å². The molecule has 0 spiro atoms. The molecule has 0 unspecified atom stereocenters. The van der Waals surface area contributed by atoms with Gasteiger partial charge in [0, 0.05) is 6.42 Å². The molecular formula is C13H14FNO5. The molecule has 0 aromatic heterocycles. The van der Waals surface area contributed by atoms with Gasteiger partial charge in [0.05, 0.1) is 6.42 Å². The number of benzene rings is 1. The highest BCUT2D eigenvalue weighted by molar-refractivity contribution is 5.86. The summed E-state index contributed by atoms with van der Waals surface area (Å²) >= 11 is 0. The van der Waals surface area contributed by atoms with Crippen LogP contribution in [0.4, 0.5) is 4.39 Å². The second-order valence-corrected chi connectivity index (χ2v) is 4.18. The fraction of sp³-hybridized carbons (Fsp3) is 0.308. The second-order valence-electron chi connectivity index (χ2n) is 4.18. The number of hydrogen-bond acceptors (Lipinski definition) is 3. The van der Waals surface area contributed by atoms with E-state index < -0.39 is 30.3 Å². The van der Waals surface area contributed by atoms with Crippen molar-refractivity contribution < 1.29 is 29.0 Å². The molecule has 0 heterocycles. The Kier molecular flexibility index (Phi) is 5.64. The van der Waals surface area contributed by atoms with Crippen LogP contribution >= 0.6 is 0 Å². The normalized spacial score (nSPS) is 11.7. The Morgan fingerprint density at radius 2 is 1.75 bits per heavy atom. The van der Waals surface area contributed by atoms with Crippen LogP contribution in [-0.4, -0.2) is 34.1 Å². The summed E-state index contributed by atoms with van der Waals surface area (Å²) in [5.41, 5.74) is 0.728. The number of halogens is 1. The minimum Gasteiger partial charge on any atom is -0.481 e. The van der Waals surface area contributed by atoms with E-state index in [0.29, 0.717) is 6.42 Å². The Balaban J connectivity index is 2.47. The number of aliphatic carboxylic acids is 2. The number of carboxylic acids is 2. The van der Waals surface area contributed by atoms with Gasteiger partial charge in [0.25, 0.3) is 0 Å². The molecule has 1 amide bonds. The van der Waals surface area contributed by atoms with Crippen LogP contribution in [0.1, 0.15) is 18.4 Å². The summed E-state index contributed by atoms with van der Waals surface area (Å²) in [6, 6.07) is 4.12. The first-order valence-corrected chi connectivity index (χ1v) is 5.87. The molecule has 0 aliphatic carbocycles. The van der Waals surface area contributed by atoms with Crippen molar-refractivity contribution in [3.05, 3.63) is 35.6 Å². The molecule has 1 rings (SSSR count). The van der Waals surface area contributed by atoms with Gasteiger partial charge in [-0.25, -0.2) is 9.18 Å². The van der Waals surface area contributed by atoms with E-state index in [1.165, 1.54) is 24.3 Å². The lowest BCUT2D eigenvalue weighted by Crippen LogP contribution is -2.42. The minimum absolute atomic E-state index is 0.00493. The fourth-order valence-electron chi connectivity index (χ4n) is 1.55. The van der Waals surface area contributed by atoms with Crippen molar-refractivity contribution in [2.24, 2.45) is 0 Å². The first-order valence-electron chi connectivity index (χ1n) is 5.87. The van der Waals surface area contributed by atoms with E-state index in [9.17, 15) is 18.8 Å². The predicted molar refractivity (Wildman–Crippen MR) is 66.5 cm³/mol. The maximum absolute atomic E-state index is 12.7. The largest absolute Gasteiger partial charge is 0.481 e. The van der Waals surface area contributed by atoms with Crippen molar-refractivity contribution in [2.45, 2.75) is 25.3 Å². The third-order valence-corrected chi connectivity index (χ3v) is 2.57. The van der Waals surface area contributed by atoms with Gasteiger partial charge in [0.1, 0.15) is 11.9 Å². The number of carbonyl (C=O) groups is 3. The van der Waals surface area contributed by atoms with Crippen molar-refractivity contribution in [3.63, 3.8) is 0 Å². The minimum atomic E-state index is -1.45. The summed E-state index contributed by atoms with van der Waals surface area (Å²) in [4.78, 5) is 32.8. The van der Waals surface area contributed by atoms with Crippen LogP contribution in [0.25, 0.3) is 0 Å². The van der Waals surface area contributed by atoms with Crippen LogP contribution in [0.3, 0.4) is 0 Å². The smallest absolute Gasteiger partial charge is 0.326 e. The predicted octanol–water partition coefficient (Wildman–Crippen LogP) is 0.802. The summed E-state index contributed by atoms with van der Waals surface area (Å²) < 4.78 is 12.7. The molecule has 0 radical (unpaired) electrons. The van der Waals surface area contributed by atoms with Gasteiger partial charge in [-0.2, -0.15) is 0 Å². The average molecular weight is 283 g/mol. The summed E-state index contributed by atoms with van der Waals surface area (Å²) in [5.74, 6) is -3.66. The van der Waals surface area contributed by atoms with Crippen molar-refractivity contribution in [3.8, 4) is 0 Å². The highest BCUT2D eigenvalue weighted by Gasteiger charge is 2.22. The highest BCUT2D eigenvalue weighted by Crippen LogP contribution is 2.05. The zero-order valence-electron chi connectivity index (χ0n) is 10.5. The first-order chi connectivity index (χ1) is 9.38. The molecule has 7 heteroatoms. The van der Waals surface area contributed by atoms with E-state index in [0.717, 1.165) is 5.56 Å². The molecule has 108 valence electrons. The topological polar surface area (TPSA) is 104 Å². The number of rotatable bonds is 7. The third-order valence-electron chi connectivity index (χ3n) is 2.57. The molecule has 0 saturated heterocycles.